The lowest BCUT2D eigenvalue weighted by molar-refractivity contribution is 0.101. The fraction of sp³-hybridized carbons (Fsp3) is 0.147. The molecule has 4 aromatic carbocycles. The third kappa shape index (κ3) is 7.22. The van der Waals surface area contributed by atoms with E-state index in [0.717, 1.165) is 22.6 Å². The van der Waals surface area contributed by atoms with E-state index >= 15 is 0 Å². The molecule has 214 valence electrons. The number of ether oxygens (including phenoxy) is 3. The second kappa shape index (κ2) is 13.8. The number of hydrogen-bond acceptors (Lipinski definition) is 7. The topological polar surface area (TPSA) is 99.9 Å². The van der Waals surface area contributed by atoms with E-state index in [1.165, 1.54) is 6.92 Å². The summed E-state index contributed by atoms with van der Waals surface area (Å²) in [5.74, 6) is 2.72. The molecular weight excluding hydrogens is 532 g/mol. The van der Waals surface area contributed by atoms with E-state index in [0.29, 0.717) is 34.2 Å². The second-order valence-corrected chi connectivity index (χ2v) is 9.22. The summed E-state index contributed by atoms with van der Waals surface area (Å²) in [5, 5.41) is 2.85. The van der Waals surface area contributed by atoms with Gasteiger partial charge in [0.05, 0.1) is 21.3 Å². The van der Waals surface area contributed by atoms with Crippen LogP contribution in [0, 0.1) is 6.92 Å². The molecule has 0 radical (unpaired) electrons. The van der Waals surface area contributed by atoms with Crippen molar-refractivity contribution in [3.05, 3.63) is 114 Å². The molecule has 1 aromatic heterocycles. The van der Waals surface area contributed by atoms with Crippen LogP contribution in [0.25, 0.3) is 22.8 Å². The van der Waals surface area contributed by atoms with Gasteiger partial charge in [0, 0.05) is 29.3 Å². The van der Waals surface area contributed by atoms with Crippen molar-refractivity contribution in [1.82, 2.24) is 4.98 Å². The summed E-state index contributed by atoms with van der Waals surface area (Å²) in [4.78, 5) is 29.0. The molecule has 0 saturated heterocycles. The van der Waals surface area contributed by atoms with Gasteiger partial charge in [-0.2, -0.15) is 0 Å². The highest BCUT2D eigenvalue weighted by Crippen LogP contribution is 2.31. The minimum absolute atomic E-state index is 0.184. The number of methoxy groups -OCH3 is 3. The van der Waals surface area contributed by atoms with Crippen LogP contribution in [0.3, 0.4) is 0 Å². The Bertz CT molecular complexity index is 1660. The van der Waals surface area contributed by atoms with Gasteiger partial charge in [0.25, 0.3) is 5.91 Å². The van der Waals surface area contributed by atoms with Crippen molar-refractivity contribution in [2.45, 2.75) is 13.8 Å². The molecule has 5 aromatic rings. The van der Waals surface area contributed by atoms with Crippen LogP contribution in [0.1, 0.15) is 33.3 Å². The van der Waals surface area contributed by atoms with Crippen molar-refractivity contribution in [2.75, 3.05) is 26.6 Å². The highest BCUT2D eigenvalue weighted by molar-refractivity contribution is 6.04. The lowest BCUT2D eigenvalue weighted by Gasteiger charge is -2.07. The number of hydrogen-bond donors (Lipinski definition) is 1. The first kappa shape index (κ1) is 29.6. The summed E-state index contributed by atoms with van der Waals surface area (Å²) < 4.78 is 21.2. The molecule has 1 N–H and O–H groups in total. The predicted octanol–water partition coefficient (Wildman–Crippen LogP) is 7.48. The van der Waals surface area contributed by atoms with Crippen LogP contribution >= 0.6 is 0 Å². The lowest BCUT2D eigenvalue weighted by Crippen LogP contribution is -2.11. The van der Waals surface area contributed by atoms with Crippen molar-refractivity contribution in [3.8, 4) is 40.0 Å². The molecule has 0 aliphatic carbocycles. The number of carbonyl (C=O) groups is 2. The highest BCUT2D eigenvalue weighted by atomic mass is 16.5. The Kier molecular flexibility index (Phi) is 9.73. The molecule has 0 bridgehead atoms. The second-order valence-electron chi connectivity index (χ2n) is 9.22. The molecule has 0 aliphatic heterocycles. The zero-order valence-corrected chi connectivity index (χ0v) is 24.1. The molecule has 8 heteroatoms. The molecule has 8 nitrogen and oxygen atoms in total. The van der Waals surface area contributed by atoms with E-state index in [9.17, 15) is 9.59 Å². The highest BCUT2D eigenvalue weighted by Gasteiger charge is 2.19. The van der Waals surface area contributed by atoms with Crippen molar-refractivity contribution in [3.63, 3.8) is 0 Å². The van der Waals surface area contributed by atoms with Gasteiger partial charge in [0.1, 0.15) is 17.2 Å². The van der Waals surface area contributed by atoms with Crippen LogP contribution in [-0.2, 0) is 0 Å². The lowest BCUT2D eigenvalue weighted by atomic mass is 10.1. The van der Waals surface area contributed by atoms with Gasteiger partial charge in [-0.3, -0.25) is 9.59 Å². The standard InChI is InChI=1S/C25H20N2O4.C9H12O2/c1-16(28)22-23(31-25(27-22)18-7-4-3-5-8-18)17-11-13-20(14-12-17)26-24(29)19-9-6-10-21(15-19)30-2;1-7-6-8(10-2)4-5-9(7)11-3/h3-15H,1-2H3,(H,26,29);4-6H,1-3H3. The third-order valence-corrected chi connectivity index (χ3v) is 6.32. The largest absolute Gasteiger partial charge is 0.497 e. The van der Waals surface area contributed by atoms with Crippen molar-refractivity contribution in [2.24, 2.45) is 0 Å². The number of nitrogens with one attached hydrogen (secondary N) is 1. The zero-order chi connectivity index (χ0) is 30.1. The Morgan fingerprint density at radius 2 is 1.43 bits per heavy atom. The van der Waals surface area contributed by atoms with Crippen LogP contribution in [-0.4, -0.2) is 38.0 Å². The molecule has 0 unspecified atom stereocenters. The van der Waals surface area contributed by atoms with Gasteiger partial charge in [0.15, 0.2) is 17.2 Å². The number of rotatable bonds is 8. The molecule has 0 spiro atoms. The summed E-state index contributed by atoms with van der Waals surface area (Å²) in [6, 6.07) is 29.1. The normalized spacial score (nSPS) is 10.2. The maximum absolute atomic E-state index is 12.5. The van der Waals surface area contributed by atoms with Crippen LogP contribution in [0.2, 0.25) is 0 Å². The molecule has 0 atom stereocenters. The van der Waals surface area contributed by atoms with E-state index in [4.69, 9.17) is 18.6 Å². The number of amides is 1. The Morgan fingerprint density at radius 3 is 2.05 bits per heavy atom. The van der Waals surface area contributed by atoms with Gasteiger partial charge in [-0.05, 0) is 85.3 Å². The average Bonchev–Trinajstić information content (AvgIpc) is 3.48. The fourth-order valence-electron chi connectivity index (χ4n) is 4.11. The van der Waals surface area contributed by atoms with Gasteiger partial charge in [-0.15, -0.1) is 0 Å². The summed E-state index contributed by atoms with van der Waals surface area (Å²) in [7, 11) is 4.87. The van der Waals surface area contributed by atoms with Crippen molar-refractivity contribution >= 4 is 17.4 Å². The summed E-state index contributed by atoms with van der Waals surface area (Å²) in [5.41, 5.74) is 3.95. The summed E-state index contributed by atoms with van der Waals surface area (Å²) in [6.45, 7) is 3.44. The molecule has 0 aliphatic rings. The Morgan fingerprint density at radius 1 is 0.738 bits per heavy atom. The zero-order valence-electron chi connectivity index (χ0n) is 24.1. The number of benzene rings is 4. The minimum atomic E-state index is -0.248. The first-order valence-electron chi connectivity index (χ1n) is 13.1. The van der Waals surface area contributed by atoms with E-state index in [1.54, 1.807) is 69.9 Å². The molecule has 1 amide bonds. The third-order valence-electron chi connectivity index (χ3n) is 6.32. The number of aromatic nitrogens is 1. The fourth-order valence-corrected chi connectivity index (χ4v) is 4.11. The summed E-state index contributed by atoms with van der Waals surface area (Å²) in [6.07, 6.45) is 0. The van der Waals surface area contributed by atoms with E-state index in [2.05, 4.69) is 10.3 Å². The van der Waals surface area contributed by atoms with Gasteiger partial charge < -0.3 is 23.9 Å². The van der Waals surface area contributed by atoms with Gasteiger partial charge >= 0.3 is 0 Å². The van der Waals surface area contributed by atoms with Gasteiger partial charge in [0.2, 0.25) is 5.89 Å². The molecule has 42 heavy (non-hydrogen) atoms. The number of anilines is 1. The van der Waals surface area contributed by atoms with Gasteiger partial charge in [-0.1, -0.05) is 24.3 Å². The molecule has 0 fully saturated rings. The number of Topliss-reactive ketones (excluding diaryl/α,β-unsaturated/α-hetero) is 1. The van der Waals surface area contributed by atoms with Crippen molar-refractivity contribution in [1.29, 1.82) is 0 Å². The number of ketones is 1. The Labute approximate surface area is 244 Å². The van der Waals surface area contributed by atoms with E-state index in [1.807, 2.05) is 55.5 Å². The molecule has 5 rings (SSSR count). The van der Waals surface area contributed by atoms with Crippen molar-refractivity contribution < 1.29 is 28.2 Å². The van der Waals surface area contributed by atoms with E-state index < -0.39 is 0 Å². The van der Waals surface area contributed by atoms with Crippen LogP contribution in [0.5, 0.6) is 17.2 Å². The molecule has 1 heterocycles. The molecule has 0 saturated carbocycles. The first-order valence-corrected chi connectivity index (χ1v) is 13.1. The number of carbonyl (C=O) groups excluding carboxylic acids is 2. The van der Waals surface area contributed by atoms with Crippen LogP contribution < -0.4 is 19.5 Å². The van der Waals surface area contributed by atoms with Crippen LogP contribution in [0.4, 0.5) is 5.69 Å². The average molecular weight is 565 g/mol. The SMILES string of the molecule is COc1ccc(OC)c(C)c1.COc1cccc(C(=O)Nc2ccc(-c3oc(-c4ccccc4)nc3C(C)=O)cc2)c1. The number of nitrogens with zero attached hydrogens (tertiary/aromatic N) is 1. The molecular formula is C34H32N2O6. The number of oxazole rings is 1. The van der Waals surface area contributed by atoms with E-state index in [-0.39, 0.29) is 17.4 Å². The maximum atomic E-state index is 12.5. The maximum Gasteiger partial charge on any atom is 0.255 e. The van der Waals surface area contributed by atoms with Crippen LogP contribution in [0.15, 0.2) is 101 Å². The predicted molar refractivity (Wildman–Crippen MR) is 163 cm³/mol. The Balaban J connectivity index is 0.000000310. The smallest absolute Gasteiger partial charge is 0.255 e. The number of aryl methyl sites for hydroxylation is 1. The van der Waals surface area contributed by atoms with Gasteiger partial charge in [-0.25, -0.2) is 4.98 Å². The monoisotopic (exact) mass is 564 g/mol. The first-order chi connectivity index (χ1) is 20.3. The summed E-state index contributed by atoms with van der Waals surface area (Å²) >= 11 is 0. The quantitative estimate of drug-likeness (QED) is 0.195. The minimum Gasteiger partial charge on any atom is -0.497 e. The Hall–Kier alpha value is -5.37.